The van der Waals surface area contributed by atoms with E-state index in [1.807, 2.05) is 7.05 Å². The van der Waals surface area contributed by atoms with E-state index in [2.05, 4.69) is 22.4 Å². The lowest BCUT2D eigenvalue weighted by molar-refractivity contribution is 0.291. The van der Waals surface area contributed by atoms with Gasteiger partial charge in [0.15, 0.2) is 5.82 Å². The van der Waals surface area contributed by atoms with E-state index in [1.165, 1.54) is 0 Å². The molecule has 1 unspecified atom stereocenters. The Morgan fingerprint density at radius 2 is 2.09 bits per heavy atom. The lowest BCUT2D eigenvalue weighted by atomic mass is 10.2. The molecular weight excluding hydrogens is 349 g/mol. The second-order valence-electron chi connectivity index (χ2n) is 4.67. The van der Waals surface area contributed by atoms with Crippen LogP contribution in [0.3, 0.4) is 0 Å². The molecule has 0 amide bonds. The van der Waals surface area contributed by atoms with Crippen LogP contribution in [-0.4, -0.2) is 29.8 Å². The summed E-state index contributed by atoms with van der Waals surface area (Å²) in [6, 6.07) is 5.45. The third-order valence-corrected chi connectivity index (χ3v) is 3.71. The van der Waals surface area contributed by atoms with Gasteiger partial charge in [0.2, 0.25) is 5.89 Å². The van der Waals surface area contributed by atoms with Crippen molar-refractivity contribution in [2.24, 2.45) is 0 Å². The molecule has 22 heavy (non-hydrogen) atoms. The summed E-state index contributed by atoms with van der Waals surface area (Å²) in [5, 5.41) is 8.03. The highest BCUT2D eigenvalue weighted by Gasteiger charge is 2.09. The largest absolute Gasteiger partial charge is 0.493 e. The second kappa shape index (κ2) is 9.20. The molecule has 0 saturated heterocycles. The maximum absolute atomic E-state index is 5.92. The number of aromatic nitrogens is 2. The monoisotopic (exact) mass is 365 g/mol. The molecule has 1 aromatic heterocycles. The quantitative estimate of drug-likeness (QED) is 0.811. The summed E-state index contributed by atoms with van der Waals surface area (Å²) in [5.41, 5.74) is 0. The molecule has 0 saturated carbocycles. The Morgan fingerprint density at radius 1 is 1.32 bits per heavy atom. The Balaban J connectivity index is 0.00000242. The number of likely N-dealkylation sites (N-methyl/N-ethyl adjacent to an activating group) is 1. The summed E-state index contributed by atoms with van der Waals surface area (Å²) in [4.78, 5) is 4.32. The van der Waals surface area contributed by atoms with Crippen LogP contribution >= 0.6 is 35.6 Å². The first-order valence-electron chi connectivity index (χ1n) is 6.65. The number of nitrogens with one attached hydrogen (secondary N) is 1. The summed E-state index contributed by atoms with van der Waals surface area (Å²) in [7, 11) is 1.90. The third-order valence-electron chi connectivity index (χ3n) is 2.97. The molecule has 0 fully saturated rings. The van der Waals surface area contributed by atoms with Crippen LogP contribution in [0.1, 0.15) is 18.6 Å². The summed E-state index contributed by atoms with van der Waals surface area (Å²) in [6.45, 7) is 2.49. The van der Waals surface area contributed by atoms with Crippen molar-refractivity contribution in [2.75, 3.05) is 13.7 Å². The van der Waals surface area contributed by atoms with Gasteiger partial charge in [-0.3, -0.25) is 0 Å². The highest BCUT2D eigenvalue weighted by molar-refractivity contribution is 6.42. The summed E-state index contributed by atoms with van der Waals surface area (Å²) in [5.74, 6) is 1.92. The fourth-order valence-electron chi connectivity index (χ4n) is 1.67. The molecule has 5 nitrogen and oxygen atoms in total. The van der Waals surface area contributed by atoms with Crippen molar-refractivity contribution in [2.45, 2.75) is 25.8 Å². The summed E-state index contributed by atoms with van der Waals surface area (Å²) < 4.78 is 10.7. The van der Waals surface area contributed by atoms with Crippen molar-refractivity contribution in [1.29, 1.82) is 0 Å². The van der Waals surface area contributed by atoms with Gasteiger partial charge in [-0.2, -0.15) is 4.98 Å². The maximum Gasteiger partial charge on any atom is 0.230 e. The molecule has 0 aliphatic rings. The molecule has 1 heterocycles. The molecule has 0 spiro atoms. The smallest absolute Gasteiger partial charge is 0.230 e. The molecule has 122 valence electrons. The zero-order chi connectivity index (χ0) is 15.2. The summed E-state index contributed by atoms with van der Waals surface area (Å²) >= 11 is 11.8. The van der Waals surface area contributed by atoms with Crippen molar-refractivity contribution >= 4 is 35.6 Å². The number of halogens is 3. The molecule has 8 heteroatoms. The average Bonchev–Trinajstić information content (AvgIpc) is 2.90. The van der Waals surface area contributed by atoms with Crippen LogP contribution in [0.15, 0.2) is 22.7 Å². The molecule has 0 aliphatic carbocycles. The molecule has 2 aromatic rings. The Labute approximate surface area is 145 Å². The van der Waals surface area contributed by atoms with Crippen molar-refractivity contribution < 1.29 is 9.26 Å². The van der Waals surface area contributed by atoms with Crippen LogP contribution in [0.2, 0.25) is 10.0 Å². The standard InChI is InChI=1S/C14H17Cl2N3O2.ClH/c1-9(17-2)7-13-18-14(21-19-13)5-6-20-10-3-4-11(15)12(16)8-10;/h3-4,8-9,17H,5-7H2,1-2H3;1H. The lowest BCUT2D eigenvalue weighted by Crippen LogP contribution is -2.24. The van der Waals surface area contributed by atoms with Gasteiger partial charge in [-0.25, -0.2) is 0 Å². The van der Waals surface area contributed by atoms with E-state index in [1.54, 1.807) is 18.2 Å². The molecule has 0 radical (unpaired) electrons. The van der Waals surface area contributed by atoms with E-state index in [-0.39, 0.29) is 12.4 Å². The fraction of sp³-hybridized carbons (Fsp3) is 0.429. The highest BCUT2D eigenvalue weighted by atomic mass is 35.5. The van der Waals surface area contributed by atoms with Gasteiger partial charge < -0.3 is 14.6 Å². The second-order valence-corrected chi connectivity index (χ2v) is 5.49. The molecule has 1 atom stereocenters. The number of ether oxygens (including phenoxy) is 1. The number of rotatable bonds is 7. The van der Waals surface area contributed by atoms with Crippen LogP contribution in [0.5, 0.6) is 5.75 Å². The Morgan fingerprint density at radius 3 is 2.77 bits per heavy atom. The van der Waals surface area contributed by atoms with Gasteiger partial charge in [0, 0.05) is 18.5 Å². The minimum absolute atomic E-state index is 0. The van der Waals surface area contributed by atoms with Crippen LogP contribution in [-0.2, 0) is 12.8 Å². The Bertz CT molecular complexity index is 592. The molecule has 1 aromatic carbocycles. The maximum atomic E-state index is 5.92. The number of benzene rings is 1. The van der Waals surface area contributed by atoms with Gasteiger partial charge in [-0.15, -0.1) is 12.4 Å². The molecule has 0 bridgehead atoms. The minimum atomic E-state index is 0. The molecule has 0 aliphatic heterocycles. The third kappa shape index (κ3) is 5.65. The van der Waals surface area contributed by atoms with Crippen LogP contribution in [0.25, 0.3) is 0 Å². The average molecular weight is 367 g/mol. The number of hydrogen-bond acceptors (Lipinski definition) is 5. The topological polar surface area (TPSA) is 60.2 Å². The predicted molar refractivity (Wildman–Crippen MR) is 89.4 cm³/mol. The van der Waals surface area contributed by atoms with Gasteiger partial charge >= 0.3 is 0 Å². The highest BCUT2D eigenvalue weighted by Crippen LogP contribution is 2.26. The lowest BCUT2D eigenvalue weighted by Gasteiger charge is -2.05. The van der Waals surface area contributed by atoms with Crippen LogP contribution in [0, 0.1) is 0 Å². The van der Waals surface area contributed by atoms with Crippen molar-refractivity contribution in [3.8, 4) is 5.75 Å². The SMILES string of the molecule is CNC(C)Cc1noc(CCOc2ccc(Cl)c(Cl)c2)n1.Cl. The van der Waals surface area contributed by atoms with Gasteiger partial charge in [-0.1, -0.05) is 28.4 Å². The van der Waals surface area contributed by atoms with Gasteiger partial charge in [-0.05, 0) is 26.1 Å². The first-order valence-corrected chi connectivity index (χ1v) is 7.40. The van der Waals surface area contributed by atoms with E-state index >= 15 is 0 Å². The Hall–Kier alpha value is -1.01. The van der Waals surface area contributed by atoms with E-state index in [0.29, 0.717) is 46.6 Å². The minimum Gasteiger partial charge on any atom is -0.493 e. The van der Waals surface area contributed by atoms with Gasteiger partial charge in [0.25, 0.3) is 0 Å². The molecule has 2 rings (SSSR count). The molecule has 1 N–H and O–H groups in total. The zero-order valence-corrected chi connectivity index (χ0v) is 14.6. The van der Waals surface area contributed by atoms with Crippen LogP contribution < -0.4 is 10.1 Å². The number of nitrogens with zero attached hydrogens (tertiary/aromatic N) is 2. The van der Waals surface area contributed by atoms with E-state index in [0.717, 1.165) is 6.42 Å². The molecular formula is C14H18Cl3N3O2. The van der Waals surface area contributed by atoms with Crippen molar-refractivity contribution in [1.82, 2.24) is 15.5 Å². The van der Waals surface area contributed by atoms with Crippen molar-refractivity contribution in [3.63, 3.8) is 0 Å². The number of hydrogen-bond donors (Lipinski definition) is 1. The van der Waals surface area contributed by atoms with Gasteiger partial charge in [0.05, 0.1) is 23.1 Å². The van der Waals surface area contributed by atoms with Crippen LogP contribution in [0.4, 0.5) is 0 Å². The predicted octanol–water partition coefficient (Wildman–Crippen LogP) is 3.57. The van der Waals surface area contributed by atoms with E-state index in [4.69, 9.17) is 32.5 Å². The zero-order valence-electron chi connectivity index (χ0n) is 12.3. The van der Waals surface area contributed by atoms with E-state index < -0.39 is 0 Å². The summed E-state index contributed by atoms with van der Waals surface area (Å²) in [6.07, 6.45) is 1.27. The first-order chi connectivity index (χ1) is 10.1. The normalized spacial score (nSPS) is 11.8. The fourth-order valence-corrected chi connectivity index (χ4v) is 1.96. The van der Waals surface area contributed by atoms with E-state index in [9.17, 15) is 0 Å². The van der Waals surface area contributed by atoms with Crippen molar-refractivity contribution in [3.05, 3.63) is 40.0 Å². The van der Waals surface area contributed by atoms with Gasteiger partial charge in [0.1, 0.15) is 5.75 Å². The Kier molecular flexibility index (Phi) is 7.96. The first kappa shape index (κ1) is 19.0.